The predicted molar refractivity (Wildman–Crippen MR) is 64.5 cm³/mol. The van der Waals surface area contributed by atoms with Crippen LogP contribution in [0.2, 0.25) is 5.02 Å². The molecule has 0 N–H and O–H groups in total. The Bertz CT molecular complexity index is 533. The largest absolute Gasteiger partial charge is 0.298 e. The molecule has 0 radical (unpaired) electrons. The number of aryl methyl sites for hydroxylation is 1. The normalized spacial score (nSPS) is 10.4. The van der Waals surface area contributed by atoms with E-state index in [1.807, 2.05) is 6.07 Å². The Balaban J connectivity index is 2.61. The molecule has 0 amide bonds. The molecular formula is C10H7BrClN3O. The van der Waals surface area contributed by atoms with Gasteiger partial charge in [-0.25, -0.2) is 4.68 Å². The first kappa shape index (κ1) is 11.3. The van der Waals surface area contributed by atoms with Crippen molar-refractivity contribution in [2.45, 2.75) is 0 Å². The lowest BCUT2D eigenvalue weighted by Crippen LogP contribution is -1.95. The van der Waals surface area contributed by atoms with Crippen LogP contribution in [0, 0.1) is 0 Å². The zero-order valence-electron chi connectivity index (χ0n) is 8.32. The second-order valence-corrected chi connectivity index (χ2v) is 4.36. The minimum Gasteiger partial charge on any atom is -0.298 e. The van der Waals surface area contributed by atoms with Gasteiger partial charge in [0, 0.05) is 18.2 Å². The van der Waals surface area contributed by atoms with E-state index in [9.17, 15) is 4.79 Å². The summed E-state index contributed by atoms with van der Waals surface area (Å²) >= 11 is 9.16. The van der Waals surface area contributed by atoms with Crippen LogP contribution in [0.1, 0.15) is 10.4 Å². The smallest absolute Gasteiger partial charge is 0.156 e. The van der Waals surface area contributed by atoms with E-state index in [0.717, 1.165) is 17.5 Å². The molecule has 82 valence electrons. The molecule has 0 aliphatic rings. The van der Waals surface area contributed by atoms with Gasteiger partial charge in [-0.3, -0.25) is 4.79 Å². The van der Waals surface area contributed by atoms with Gasteiger partial charge in [0.05, 0.1) is 5.02 Å². The van der Waals surface area contributed by atoms with Crippen LogP contribution >= 0.6 is 27.5 Å². The fraction of sp³-hybridized carbons (Fsp3) is 0.100. The Morgan fingerprint density at radius 1 is 1.50 bits per heavy atom. The van der Waals surface area contributed by atoms with Gasteiger partial charge in [0.2, 0.25) is 0 Å². The summed E-state index contributed by atoms with van der Waals surface area (Å²) in [4.78, 5) is 10.8. The Morgan fingerprint density at radius 2 is 2.25 bits per heavy atom. The number of hydrogen-bond donors (Lipinski definition) is 0. The highest BCUT2D eigenvalue weighted by Gasteiger charge is 2.11. The van der Waals surface area contributed by atoms with Crippen molar-refractivity contribution in [2.75, 3.05) is 0 Å². The number of carbonyl (C=O) groups excluding carboxylic acids is 1. The van der Waals surface area contributed by atoms with E-state index in [0.29, 0.717) is 15.2 Å². The maximum atomic E-state index is 10.8. The SMILES string of the molecule is Cn1nnc(Br)c1-c1ccc(Cl)c(C=O)c1. The number of aldehydes is 1. The van der Waals surface area contributed by atoms with E-state index in [-0.39, 0.29) is 0 Å². The maximum Gasteiger partial charge on any atom is 0.156 e. The van der Waals surface area contributed by atoms with Crippen LogP contribution in [-0.4, -0.2) is 21.3 Å². The zero-order valence-corrected chi connectivity index (χ0v) is 10.7. The highest BCUT2D eigenvalue weighted by Crippen LogP contribution is 2.28. The molecule has 0 atom stereocenters. The minimum atomic E-state index is 0.435. The van der Waals surface area contributed by atoms with E-state index in [1.165, 1.54) is 0 Å². The van der Waals surface area contributed by atoms with Gasteiger partial charge in [-0.1, -0.05) is 22.9 Å². The number of nitrogens with zero attached hydrogens (tertiary/aromatic N) is 3. The summed E-state index contributed by atoms with van der Waals surface area (Å²) in [6.07, 6.45) is 0.726. The molecule has 4 nitrogen and oxygen atoms in total. The molecule has 0 spiro atoms. The maximum absolute atomic E-state index is 10.8. The molecule has 1 heterocycles. The monoisotopic (exact) mass is 299 g/mol. The molecule has 0 unspecified atom stereocenters. The quantitative estimate of drug-likeness (QED) is 0.801. The summed E-state index contributed by atoms with van der Waals surface area (Å²) in [5.74, 6) is 0. The fourth-order valence-corrected chi connectivity index (χ4v) is 2.14. The van der Waals surface area contributed by atoms with Gasteiger partial charge < -0.3 is 0 Å². The molecule has 1 aromatic carbocycles. The predicted octanol–water partition coefficient (Wildman–Crippen LogP) is 2.71. The lowest BCUT2D eigenvalue weighted by molar-refractivity contribution is 0.112. The Labute approximate surface area is 105 Å². The lowest BCUT2D eigenvalue weighted by Gasteiger charge is -2.03. The number of hydrogen-bond acceptors (Lipinski definition) is 3. The van der Waals surface area contributed by atoms with Crippen LogP contribution in [0.5, 0.6) is 0 Å². The van der Waals surface area contributed by atoms with Crippen molar-refractivity contribution in [1.29, 1.82) is 0 Å². The number of rotatable bonds is 2. The van der Waals surface area contributed by atoms with Crippen molar-refractivity contribution in [2.24, 2.45) is 7.05 Å². The second-order valence-electron chi connectivity index (χ2n) is 3.21. The molecule has 16 heavy (non-hydrogen) atoms. The molecule has 1 aromatic heterocycles. The number of halogens is 2. The van der Waals surface area contributed by atoms with Gasteiger partial charge in [-0.2, -0.15) is 0 Å². The van der Waals surface area contributed by atoms with Gasteiger partial charge in [0.1, 0.15) is 5.69 Å². The molecule has 2 aromatic rings. The molecule has 0 aliphatic heterocycles. The summed E-state index contributed by atoms with van der Waals surface area (Å²) in [5.41, 5.74) is 2.10. The molecule has 0 saturated carbocycles. The van der Waals surface area contributed by atoms with Crippen molar-refractivity contribution < 1.29 is 4.79 Å². The summed E-state index contributed by atoms with van der Waals surface area (Å²) in [7, 11) is 1.78. The molecule has 2 rings (SSSR count). The van der Waals surface area contributed by atoms with Crippen LogP contribution in [0.3, 0.4) is 0 Å². The highest BCUT2D eigenvalue weighted by atomic mass is 79.9. The van der Waals surface area contributed by atoms with Crippen molar-refractivity contribution >= 4 is 33.8 Å². The fourth-order valence-electron chi connectivity index (χ4n) is 1.42. The first-order valence-corrected chi connectivity index (χ1v) is 5.61. The standard InChI is InChI=1S/C10H7BrClN3O/c1-15-9(10(11)13-14-15)6-2-3-8(12)7(4-6)5-16/h2-5H,1H3. The molecular weight excluding hydrogens is 293 g/mol. The third-order valence-corrected chi connectivity index (χ3v) is 3.06. The summed E-state index contributed by atoms with van der Waals surface area (Å²) in [6.45, 7) is 0. The lowest BCUT2D eigenvalue weighted by atomic mass is 10.1. The topological polar surface area (TPSA) is 47.8 Å². The Morgan fingerprint density at radius 3 is 2.81 bits per heavy atom. The van der Waals surface area contributed by atoms with Crippen molar-refractivity contribution in [1.82, 2.24) is 15.0 Å². The Hall–Kier alpha value is -1.20. The summed E-state index contributed by atoms with van der Waals surface area (Å²) in [5, 5.41) is 8.18. The van der Waals surface area contributed by atoms with Crippen LogP contribution in [0.15, 0.2) is 22.8 Å². The van der Waals surface area contributed by atoms with E-state index in [1.54, 1.807) is 23.9 Å². The van der Waals surface area contributed by atoms with E-state index < -0.39 is 0 Å². The number of aromatic nitrogens is 3. The number of benzene rings is 1. The third-order valence-electron chi connectivity index (χ3n) is 2.18. The van der Waals surface area contributed by atoms with E-state index >= 15 is 0 Å². The van der Waals surface area contributed by atoms with Gasteiger partial charge >= 0.3 is 0 Å². The van der Waals surface area contributed by atoms with Crippen molar-refractivity contribution in [3.05, 3.63) is 33.4 Å². The molecule has 0 fully saturated rings. The third kappa shape index (κ3) is 1.88. The molecule has 0 saturated heterocycles. The van der Waals surface area contributed by atoms with Gasteiger partial charge in [-0.05, 0) is 28.1 Å². The highest BCUT2D eigenvalue weighted by molar-refractivity contribution is 9.10. The summed E-state index contributed by atoms with van der Waals surface area (Å²) < 4.78 is 2.26. The number of carbonyl (C=O) groups is 1. The minimum absolute atomic E-state index is 0.435. The first-order chi connectivity index (χ1) is 7.63. The van der Waals surface area contributed by atoms with Crippen molar-refractivity contribution in [3.63, 3.8) is 0 Å². The van der Waals surface area contributed by atoms with Crippen molar-refractivity contribution in [3.8, 4) is 11.3 Å². The average Bonchev–Trinajstić information content (AvgIpc) is 2.60. The molecule has 0 aliphatic carbocycles. The van der Waals surface area contributed by atoms with E-state index in [2.05, 4.69) is 26.2 Å². The average molecular weight is 301 g/mol. The Kier molecular flexibility index (Phi) is 3.07. The van der Waals surface area contributed by atoms with Crippen LogP contribution in [0.25, 0.3) is 11.3 Å². The molecule has 6 heteroatoms. The van der Waals surface area contributed by atoms with Crippen LogP contribution < -0.4 is 0 Å². The zero-order chi connectivity index (χ0) is 11.7. The van der Waals surface area contributed by atoms with Gasteiger partial charge in [0.25, 0.3) is 0 Å². The van der Waals surface area contributed by atoms with Gasteiger partial charge in [-0.15, -0.1) is 5.10 Å². The van der Waals surface area contributed by atoms with E-state index in [4.69, 9.17) is 11.6 Å². The van der Waals surface area contributed by atoms with Gasteiger partial charge in [0.15, 0.2) is 10.9 Å². The molecule has 0 bridgehead atoms. The second kappa shape index (κ2) is 4.35. The first-order valence-electron chi connectivity index (χ1n) is 4.43. The van der Waals surface area contributed by atoms with Crippen LogP contribution in [-0.2, 0) is 7.05 Å². The van der Waals surface area contributed by atoms with Crippen LogP contribution in [0.4, 0.5) is 0 Å². The summed E-state index contributed by atoms with van der Waals surface area (Å²) in [6, 6.07) is 5.21.